The summed E-state index contributed by atoms with van der Waals surface area (Å²) >= 11 is 1.43. The normalized spacial score (nSPS) is 13.9. The van der Waals surface area contributed by atoms with Crippen molar-refractivity contribution in [3.05, 3.63) is 53.0 Å². The molecule has 0 radical (unpaired) electrons. The van der Waals surface area contributed by atoms with Crippen molar-refractivity contribution in [3.63, 3.8) is 0 Å². The average molecular weight is 406 g/mol. The Kier molecular flexibility index (Phi) is 6.03. The number of nitriles is 1. The third kappa shape index (κ3) is 4.91. The van der Waals surface area contributed by atoms with E-state index in [9.17, 15) is 0 Å². The van der Waals surface area contributed by atoms with Crippen LogP contribution in [0, 0.1) is 18.3 Å². The van der Waals surface area contributed by atoms with Gasteiger partial charge in [0, 0.05) is 18.4 Å². The maximum atomic E-state index is 9.05. The number of hydrogen-bond donors (Lipinski definition) is 1. The highest BCUT2D eigenvalue weighted by atomic mass is 32.1. The molecule has 7 heteroatoms. The Morgan fingerprint density at radius 3 is 2.69 bits per heavy atom. The van der Waals surface area contributed by atoms with E-state index in [1.54, 1.807) is 6.20 Å². The van der Waals surface area contributed by atoms with Crippen molar-refractivity contribution in [2.45, 2.75) is 19.8 Å². The molecule has 0 unspecified atom stereocenters. The van der Waals surface area contributed by atoms with Gasteiger partial charge in [-0.3, -0.25) is 4.90 Å². The lowest BCUT2D eigenvalue weighted by atomic mass is 10.2. The summed E-state index contributed by atoms with van der Waals surface area (Å²) in [4.78, 5) is 13.1. The summed E-state index contributed by atoms with van der Waals surface area (Å²) in [6.07, 6.45) is 4.40. The summed E-state index contributed by atoms with van der Waals surface area (Å²) in [5.41, 5.74) is 2.72. The van der Waals surface area contributed by atoms with E-state index in [1.165, 1.54) is 37.3 Å². The molecule has 2 aromatic heterocycles. The van der Waals surface area contributed by atoms with Gasteiger partial charge in [0.15, 0.2) is 0 Å². The van der Waals surface area contributed by atoms with Crippen LogP contribution in [-0.2, 0) is 0 Å². The molecule has 1 aliphatic rings. The fraction of sp³-hybridized carbons (Fsp3) is 0.318. The molecule has 0 amide bonds. The minimum absolute atomic E-state index is 0.528. The van der Waals surface area contributed by atoms with Gasteiger partial charge in [0.2, 0.25) is 5.95 Å². The molecule has 0 bridgehead atoms. The van der Waals surface area contributed by atoms with E-state index in [1.807, 2.05) is 43.3 Å². The Morgan fingerprint density at radius 2 is 1.97 bits per heavy atom. The zero-order chi connectivity index (χ0) is 20.1. The fourth-order valence-corrected chi connectivity index (χ4v) is 4.20. The number of benzene rings is 1. The van der Waals surface area contributed by atoms with Gasteiger partial charge >= 0.3 is 0 Å². The van der Waals surface area contributed by atoms with Crippen LogP contribution < -0.4 is 10.1 Å². The first-order valence-electron chi connectivity index (χ1n) is 9.77. The molecule has 4 rings (SSSR count). The Labute approximate surface area is 174 Å². The minimum atomic E-state index is 0.528. The molecular formula is C22H23N5OS. The molecule has 6 nitrogen and oxygen atoms in total. The van der Waals surface area contributed by atoms with Crippen LogP contribution in [0.3, 0.4) is 0 Å². The van der Waals surface area contributed by atoms with E-state index >= 15 is 0 Å². The summed E-state index contributed by atoms with van der Waals surface area (Å²) < 4.78 is 5.85. The topological polar surface area (TPSA) is 74.1 Å². The van der Waals surface area contributed by atoms with Crippen LogP contribution in [0.4, 0.5) is 11.6 Å². The molecule has 1 saturated heterocycles. The first-order valence-corrected chi connectivity index (χ1v) is 10.6. The molecule has 0 spiro atoms. The standard InChI is InChI=1S/C22H23N5OS/c1-16-15-24-22(26-21(16)20-9-8-19(14-23)29-20)25-17-4-6-18(7-5-17)28-13-12-27-10-2-3-11-27/h4-9,15H,2-3,10-13H2,1H3,(H,24,25,26). The first kappa shape index (κ1) is 19.4. The van der Waals surface area contributed by atoms with Crippen LogP contribution in [0.2, 0.25) is 0 Å². The molecule has 148 valence electrons. The SMILES string of the molecule is Cc1cnc(Nc2ccc(OCCN3CCCC3)cc2)nc1-c1ccc(C#N)s1. The number of aryl methyl sites for hydroxylation is 1. The van der Waals surface area contributed by atoms with E-state index in [0.717, 1.165) is 34.1 Å². The van der Waals surface area contributed by atoms with Gasteiger partial charge in [-0.2, -0.15) is 5.26 Å². The van der Waals surface area contributed by atoms with Gasteiger partial charge in [0.25, 0.3) is 0 Å². The third-order valence-corrected chi connectivity index (χ3v) is 5.90. The largest absolute Gasteiger partial charge is 0.492 e. The summed E-state index contributed by atoms with van der Waals surface area (Å²) in [7, 11) is 0. The Hall–Kier alpha value is -2.95. The van der Waals surface area contributed by atoms with Crippen molar-refractivity contribution in [1.82, 2.24) is 14.9 Å². The number of ether oxygens (including phenoxy) is 1. The molecule has 29 heavy (non-hydrogen) atoms. The van der Waals surface area contributed by atoms with E-state index in [4.69, 9.17) is 10.00 Å². The van der Waals surface area contributed by atoms with E-state index in [2.05, 4.69) is 26.3 Å². The second kappa shape index (κ2) is 9.03. The van der Waals surface area contributed by atoms with Crippen LogP contribution in [0.1, 0.15) is 23.3 Å². The number of rotatable bonds is 7. The predicted octanol–water partition coefficient (Wildman–Crippen LogP) is 4.60. The maximum absolute atomic E-state index is 9.05. The lowest BCUT2D eigenvalue weighted by Crippen LogP contribution is -2.25. The second-order valence-electron chi connectivity index (χ2n) is 7.05. The molecule has 0 saturated carbocycles. The zero-order valence-corrected chi connectivity index (χ0v) is 17.2. The maximum Gasteiger partial charge on any atom is 0.227 e. The monoisotopic (exact) mass is 405 g/mol. The molecular weight excluding hydrogens is 382 g/mol. The molecule has 1 aromatic carbocycles. The van der Waals surface area contributed by atoms with E-state index in [-0.39, 0.29) is 0 Å². The highest BCUT2D eigenvalue weighted by Crippen LogP contribution is 2.29. The fourth-order valence-electron chi connectivity index (χ4n) is 3.34. The Morgan fingerprint density at radius 1 is 1.17 bits per heavy atom. The number of nitrogens with zero attached hydrogens (tertiary/aromatic N) is 4. The summed E-state index contributed by atoms with van der Waals surface area (Å²) in [5, 5.41) is 12.3. The number of thiophene rings is 1. The van der Waals surface area contributed by atoms with Crippen molar-refractivity contribution in [1.29, 1.82) is 5.26 Å². The number of hydrogen-bond acceptors (Lipinski definition) is 7. The van der Waals surface area contributed by atoms with Crippen molar-refractivity contribution in [2.24, 2.45) is 0 Å². The average Bonchev–Trinajstić information content (AvgIpc) is 3.43. The molecule has 1 N–H and O–H groups in total. The van der Waals surface area contributed by atoms with Gasteiger partial charge in [0.05, 0.1) is 10.6 Å². The van der Waals surface area contributed by atoms with E-state index < -0.39 is 0 Å². The summed E-state index contributed by atoms with van der Waals surface area (Å²) in [5.74, 6) is 1.39. The number of nitrogens with one attached hydrogen (secondary N) is 1. The minimum Gasteiger partial charge on any atom is -0.492 e. The lowest BCUT2D eigenvalue weighted by molar-refractivity contribution is 0.238. The van der Waals surface area contributed by atoms with Gasteiger partial charge in [0.1, 0.15) is 23.3 Å². The van der Waals surface area contributed by atoms with Gasteiger partial charge in [-0.05, 0) is 74.8 Å². The van der Waals surface area contributed by atoms with Gasteiger partial charge in [-0.1, -0.05) is 0 Å². The van der Waals surface area contributed by atoms with Crippen LogP contribution in [0.5, 0.6) is 5.75 Å². The quantitative estimate of drug-likeness (QED) is 0.619. The van der Waals surface area contributed by atoms with Crippen molar-refractivity contribution in [3.8, 4) is 22.4 Å². The number of aromatic nitrogens is 2. The highest BCUT2D eigenvalue weighted by molar-refractivity contribution is 7.16. The summed E-state index contributed by atoms with van der Waals surface area (Å²) in [6, 6.07) is 13.8. The Balaban J connectivity index is 1.38. The van der Waals surface area contributed by atoms with Gasteiger partial charge in [-0.25, -0.2) is 9.97 Å². The second-order valence-corrected chi connectivity index (χ2v) is 8.13. The molecule has 3 aromatic rings. The third-order valence-electron chi connectivity index (χ3n) is 4.91. The van der Waals surface area contributed by atoms with E-state index in [0.29, 0.717) is 17.4 Å². The molecule has 1 aliphatic heterocycles. The lowest BCUT2D eigenvalue weighted by Gasteiger charge is -2.15. The van der Waals surface area contributed by atoms with Crippen molar-refractivity contribution >= 4 is 23.0 Å². The number of anilines is 2. The first-order chi connectivity index (χ1) is 14.2. The predicted molar refractivity (Wildman–Crippen MR) is 116 cm³/mol. The van der Waals surface area contributed by atoms with Gasteiger partial charge < -0.3 is 10.1 Å². The highest BCUT2D eigenvalue weighted by Gasteiger charge is 2.11. The van der Waals surface area contributed by atoms with Crippen LogP contribution >= 0.6 is 11.3 Å². The van der Waals surface area contributed by atoms with Crippen molar-refractivity contribution < 1.29 is 4.74 Å². The molecule has 0 atom stereocenters. The van der Waals surface area contributed by atoms with Gasteiger partial charge in [-0.15, -0.1) is 11.3 Å². The zero-order valence-electron chi connectivity index (χ0n) is 16.4. The van der Waals surface area contributed by atoms with Crippen LogP contribution in [-0.4, -0.2) is 41.1 Å². The van der Waals surface area contributed by atoms with Crippen LogP contribution in [0.15, 0.2) is 42.6 Å². The number of likely N-dealkylation sites (tertiary alicyclic amines) is 1. The van der Waals surface area contributed by atoms with Crippen molar-refractivity contribution in [2.75, 3.05) is 31.6 Å². The molecule has 3 heterocycles. The molecule has 1 fully saturated rings. The smallest absolute Gasteiger partial charge is 0.227 e. The summed E-state index contributed by atoms with van der Waals surface area (Å²) in [6.45, 7) is 6.04. The Bertz CT molecular complexity index is 1000. The van der Waals surface area contributed by atoms with Crippen LogP contribution in [0.25, 0.3) is 10.6 Å². The molecule has 0 aliphatic carbocycles.